The standard InChI is InChI=1S/C15H20N2O4/c1-16-15(18)4-5-19-12-7-14-13(20-9-21-14)6-10(12)8-17-11-2-3-11/h6-7,11,17H,2-5,8-9H2,1H3,(H,16,18). The second-order valence-electron chi connectivity index (χ2n) is 5.24. The van der Waals surface area contributed by atoms with Crippen LogP contribution >= 0.6 is 0 Å². The van der Waals surface area contributed by atoms with Crippen LogP contribution in [0, 0.1) is 0 Å². The molecule has 0 aromatic heterocycles. The number of ether oxygens (including phenoxy) is 3. The summed E-state index contributed by atoms with van der Waals surface area (Å²) in [5, 5.41) is 6.04. The van der Waals surface area contributed by atoms with E-state index in [0.29, 0.717) is 24.8 Å². The van der Waals surface area contributed by atoms with Crippen LogP contribution in [-0.2, 0) is 11.3 Å². The molecule has 1 aliphatic heterocycles. The van der Waals surface area contributed by atoms with Gasteiger partial charge in [0, 0.05) is 31.3 Å². The summed E-state index contributed by atoms with van der Waals surface area (Å²) in [7, 11) is 1.62. The molecule has 1 aromatic carbocycles. The third kappa shape index (κ3) is 3.58. The summed E-state index contributed by atoms with van der Waals surface area (Å²) in [5.74, 6) is 2.16. The number of hydrogen-bond donors (Lipinski definition) is 2. The number of nitrogens with one attached hydrogen (secondary N) is 2. The monoisotopic (exact) mass is 292 g/mol. The Morgan fingerprint density at radius 3 is 2.81 bits per heavy atom. The van der Waals surface area contributed by atoms with Crippen LogP contribution in [-0.4, -0.2) is 32.4 Å². The third-order valence-corrected chi connectivity index (χ3v) is 3.58. The number of fused-ring (bicyclic) bond motifs is 1. The lowest BCUT2D eigenvalue weighted by Gasteiger charge is -2.13. The molecule has 1 aromatic rings. The van der Waals surface area contributed by atoms with E-state index >= 15 is 0 Å². The number of hydrogen-bond acceptors (Lipinski definition) is 5. The third-order valence-electron chi connectivity index (χ3n) is 3.58. The SMILES string of the molecule is CNC(=O)CCOc1cc2c(cc1CNC1CC1)OCO2. The molecule has 1 heterocycles. The normalized spacial score (nSPS) is 15.9. The molecule has 0 atom stereocenters. The summed E-state index contributed by atoms with van der Waals surface area (Å²) in [5.41, 5.74) is 1.03. The Kier molecular flexibility index (Phi) is 4.15. The van der Waals surface area contributed by atoms with Crippen LogP contribution in [0.3, 0.4) is 0 Å². The lowest BCUT2D eigenvalue weighted by atomic mass is 10.1. The second kappa shape index (κ2) is 6.22. The summed E-state index contributed by atoms with van der Waals surface area (Å²) in [6.45, 7) is 1.32. The largest absolute Gasteiger partial charge is 0.493 e. The van der Waals surface area contributed by atoms with Gasteiger partial charge in [0.25, 0.3) is 0 Å². The maximum atomic E-state index is 11.2. The molecular weight excluding hydrogens is 272 g/mol. The fourth-order valence-electron chi connectivity index (χ4n) is 2.16. The summed E-state index contributed by atoms with van der Waals surface area (Å²) in [6, 6.07) is 4.41. The molecule has 1 aliphatic carbocycles. The van der Waals surface area contributed by atoms with E-state index in [1.54, 1.807) is 7.05 Å². The molecular formula is C15H20N2O4. The van der Waals surface area contributed by atoms with Gasteiger partial charge in [-0.3, -0.25) is 4.79 Å². The van der Waals surface area contributed by atoms with E-state index in [0.717, 1.165) is 23.6 Å². The first kappa shape index (κ1) is 14.0. The van der Waals surface area contributed by atoms with Gasteiger partial charge >= 0.3 is 0 Å². The fraction of sp³-hybridized carbons (Fsp3) is 0.533. The highest BCUT2D eigenvalue weighted by Gasteiger charge is 2.23. The highest BCUT2D eigenvalue weighted by molar-refractivity contribution is 5.75. The smallest absolute Gasteiger partial charge is 0.231 e. The van der Waals surface area contributed by atoms with Gasteiger partial charge in [-0.15, -0.1) is 0 Å². The molecule has 0 unspecified atom stereocenters. The molecule has 2 N–H and O–H groups in total. The van der Waals surface area contributed by atoms with Crippen molar-refractivity contribution in [2.24, 2.45) is 0 Å². The lowest BCUT2D eigenvalue weighted by Crippen LogP contribution is -2.20. The summed E-state index contributed by atoms with van der Waals surface area (Å²) in [4.78, 5) is 11.2. The van der Waals surface area contributed by atoms with E-state index in [2.05, 4.69) is 10.6 Å². The molecule has 0 saturated heterocycles. The van der Waals surface area contributed by atoms with E-state index in [-0.39, 0.29) is 12.7 Å². The van der Waals surface area contributed by atoms with E-state index in [9.17, 15) is 4.79 Å². The van der Waals surface area contributed by atoms with Crippen LogP contribution < -0.4 is 24.8 Å². The highest BCUT2D eigenvalue weighted by atomic mass is 16.7. The van der Waals surface area contributed by atoms with Gasteiger partial charge in [-0.05, 0) is 18.9 Å². The highest BCUT2D eigenvalue weighted by Crippen LogP contribution is 2.38. The Morgan fingerprint density at radius 1 is 1.33 bits per heavy atom. The van der Waals surface area contributed by atoms with Crippen LogP contribution in [0.1, 0.15) is 24.8 Å². The van der Waals surface area contributed by atoms with Crippen LogP contribution in [0.2, 0.25) is 0 Å². The first-order valence-electron chi connectivity index (χ1n) is 7.25. The minimum absolute atomic E-state index is 0.0339. The van der Waals surface area contributed by atoms with Crippen LogP contribution in [0.5, 0.6) is 17.2 Å². The molecule has 6 heteroatoms. The Bertz CT molecular complexity index is 529. The van der Waals surface area contributed by atoms with Crippen molar-refractivity contribution in [1.82, 2.24) is 10.6 Å². The minimum atomic E-state index is -0.0339. The van der Waals surface area contributed by atoms with Crippen LogP contribution in [0.4, 0.5) is 0 Å². The van der Waals surface area contributed by atoms with Crippen molar-refractivity contribution < 1.29 is 19.0 Å². The van der Waals surface area contributed by atoms with Crippen molar-refractivity contribution in [2.45, 2.75) is 31.8 Å². The number of rotatable bonds is 7. The number of amides is 1. The van der Waals surface area contributed by atoms with Gasteiger partial charge in [0.05, 0.1) is 13.0 Å². The van der Waals surface area contributed by atoms with E-state index in [1.807, 2.05) is 12.1 Å². The summed E-state index contributed by atoms with van der Waals surface area (Å²) in [6.07, 6.45) is 2.80. The molecule has 1 saturated carbocycles. The maximum Gasteiger partial charge on any atom is 0.231 e. The Balaban J connectivity index is 1.67. The van der Waals surface area contributed by atoms with E-state index in [1.165, 1.54) is 12.8 Å². The van der Waals surface area contributed by atoms with Crippen molar-refractivity contribution in [2.75, 3.05) is 20.4 Å². The Morgan fingerprint density at radius 2 is 2.10 bits per heavy atom. The average molecular weight is 292 g/mol. The van der Waals surface area contributed by atoms with Crippen LogP contribution in [0.25, 0.3) is 0 Å². The first-order valence-corrected chi connectivity index (χ1v) is 7.25. The molecule has 1 fully saturated rings. The Hall–Kier alpha value is -1.95. The topological polar surface area (TPSA) is 68.8 Å². The molecule has 0 radical (unpaired) electrons. The number of carbonyl (C=O) groups excluding carboxylic acids is 1. The molecule has 0 bridgehead atoms. The zero-order chi connectivity index (χ0) is 14.7. The second-order valence-corrected chi connectivity index (χ2v) is 5.24. The molecule has 0 spiro atoms. The van der Waals surface area contributed by atoms with Crippen molar-refractivity contribution in [3.8, 4) is 17.2 Å². The van der Waals surface area contributed by atoms with Gasteiger partial charge in [0.15, 0.2) is 11.5 Å². The molecule has 2 aliphatic rings. The van der Waals surface area contributed by atoms with Crippen molar-refractivity contribution in [1.29, 1.82) is 0 Å². The summed E-state index contributed by atoms with van der Waals surface area (Å²) >= 11 is 0. The quantitative estimate of drug-likeness (QED) is 0.790. The molecule has 114 valence electrons. The maximum absolute atomic E-state index is 11.2. The van der Waals surface area contributed by atoms with Gasteiger partial charge in [0.1, 0.15) is 5.75 Å². The lowest BCUT2D eigenvalue weighted by molar-refractivity contribution is -0.121. The fourth-order valence-corrected chi connectivity index (χ4v) is 2.16. The van der Waals surface area contributed by atoms with E-state index in [4.69, 9.17) is 14.2 Å². The van der Waals surface area contributed by atoms with Gasteiger partial charge < -0.3 is 24.8 Å². The van der Waals surface area contributed by atoms with Gasteiger partial charge in [-0.1, -0.05) is 0 Å². The predicted molar refractivity (Wildman–Crippen MR) is 76.6 cm³/mol. The van der Waals surface area contributed by atoms with Crippen molar-refractivity contribution >= 4 is 5.91 Å². The molecule has 1 amide bonds. The Labute approximate surface area is 123 Å². The number of carbonyl (C=O) groups is 1. The van der Waals surface area contributed by atoms with Crippen molar-refractivity contribution in [3.63, 3.8) is 0 Å². The average Bonchev–Trinajstić information content (AvgIpc) is 3.21. The van der Waals surface area contributed by atoms with Gasteiger partial charge in [0.2, 0.25) is 12.7 Å². The molecule has 21 heavy (non-hydrogen) atoms. The van der Waals surface area contributed by atoms with Gasteiger partial charge in [-0.2, -0.15) is 0 Å². The van der Waals surface area contributed by atoms with Gasteiger partial charge in [-0.25, -0.2) is 0 Å². The molecule has 3 rings (SSSR count). The summed E-state index contributed by atoms with van der Waals surface area (Å²) < 4.78 is 16.5. The molecule has 6 nitrogen and oxygen atoms in total. The zero-order valence-corrected chi connectivity index (χ0v) is 12.1. The van der Waals surface area contributed by atoms with Crippen molar-refractivity contribution in [3.05, 3.63) is 17.7 Å². The first-order chi connectivity index (χ1) is 10.3. The van der Waals surface area contributed by atoms with E-state index < -0.39 is 0 Å². The predicted octanol–water partition coefficient (Wildman–Crippen LogP) is 1.18. The minimum Gasteiger partial charge on any atom is -0.493 e. The van der Waals surface area contributed by atoms with Crippen LogP contribution in [0.15, 0.2) is 12.1 Å². The zero-order valence-electron chi connectivity index (χ0n) is 12.1. The number of benzene rings is 1.